The molecule has 0 amide bonds. The fourth-order valence-corrected chi connectivity index (χ4v) is 1.61. The summed E-state index contributed by atoms with van der Waals surface area (Å²) in [5.74, 6) is 0.0910. The first kappa shape index (κ1) is 13.5. The quantitative estimate of drug-likeness (QED) is 0.858. The monoisotopic (exact) mass is 288 g/mol. The molecule has 0 aromatic carbocycles. The zero-order valence-electron chi connectivity index (χ0n) is 9.66. The fraction of sp³-hybridized carbons (Fsp3) is 0.182. The third-order valence-electron chi connectivity index (χ3n) is 2.15. The summed E-state index contributed by atoms with van der Waals surface area (Å²) < 4.78 is 37.6. The highest BCUT2D eigenvalue weighted by atomic mass is 35.5. The van der Waals surface area contributed by atoms with Crippen molar-refractivity contribution in [2.24, 2.45) is 0 Å². The third-order valence-corrected chi connectivity index (χ3v) is 2.34. The van der Waals surface area contributed by atoms with E-state index in [4.69, 9.17) is 11.6 Å². The van der Waals surface area contributed by atoms with Crippen molar-refractivity contribution in [3.05, 3.63) is 40.8 Å². The van der Waals surface area contributed by atoms with Crippen LogP contribution in [0, 0.1) is 6.92 Å². The van der Waals surface area contributed by atoms with Crippen molar-refractivity contribution in [2.75, 3.05) is 5.32 Å². The molecule has 1 N–H and O–H groups in total. The van der Waals surface area contributed by atoms with Gasteiger partial charge in [-0.2, -0.15) is 13.2 Å². The van der Waals surface area contributed by atoms with Gasteiger partial charge in [-0.1, -0.05) is 11.6 Å². The second-order valence-electron chi connectivity index (χ2n) is 3.71. The second kappa shape index (κ2) is 5.00. The maximum Gasteiger partial charge on any atom is 0.416 e. The summed E-state index contributed by atoms with van der Waals surface area (Å²) in [5.41, 5.74) is -0.210. The Labute approximate surface area is 111 Å². The van der Waals surface area contributed by atoms with Crippen LogP contribution < -0.4 is 5.32 Å². The van der Waals surface area contributed by atoms with Crippen LogP contribution in [0.4, 0.5) is 24.9 Å². The number of hydrogen-bond acceptors (Lipinski definition) is 4. The van der Waals surface area contributed by atoms with E-state index in [1.807, 2.05) is 0 Å². The number of alkyl halides is 3. The number of hydrogen-bond donors (Lipinski definition) is 1. The first-order valence-electron chi connectivity index (χ1n) is 5.16. The highest BCUT2D eigenvalue weighted by Crippen LogP contribution is 2.30. The molecule has 4 nitrogen and oxygen atoms in total. The Hall–Kier alpha value is -1.89. The van der Waals surface area contributed by atoms with E-state index in [0.717, 1.165) is 18.3 Å². The predicted molar refractivity (Wildman–Crippen MR) is 64.3 cm³/mol. The molecule has 2 aromatic rings. The van der Waals surface area contributed by atoms with Crippen LogP contribution in [-0.4, -0.2) is 15.0 Å². The number of pyridine rings is 1. The van der Waals surface area contributed by atoms with Crippen molar-refractivity contribution in [1.82, 2.24) is 15.0 Å². The smallest absolute Gasteiger partial charge is 0.309 e. The van der Waals surface area contributed by atoms with Gasteiger partial charge >= 0.3 is 6.18 Å². The normalized spacial score (nSPS) is 11.4. The van der Waals surface area contributed by atoms with Gasteiger partial charge in [-0.3, -0.25) is 0 Å². The number of nitrogens with one attached hydrogen (secondary N) is 1. The minimum absolute atomic E-state index is 0.00325. The molecule has 2 aromatic heterocycles. The van der Waals surface area contributed by atoms with Crippen LogP contribution in [-0.2, 0) is 6.18 Å². The van der Waals surface area contributed by atoms with E-state index < -0.39 is 11.7 Å². The molecule has 100 valence electrons. The molecule has 8 heteroatoms. The maximum atomic E-state index is 12.5. The summed E-state index contributed by atoms with van der Waals surface area (Å²) in [5, 5.41) is 2.78. The average Bonchev–Trinajstić information content (AvgIpc) is 2.26. The highest BCUT2D eigenvalue weighted by Gasteiger charge is 2.30. The van der Waals surface area contributed by atoms with Gasteiger partial charge in [0, 0.05) is 11.9 Å². The Balaban J connectivity index is 2.28. The molecule has 0 radical (unpaired) electrons. The molecule has 0 unspecified atom stereocenters. The van der Waals surface area contributed by atoms with Crippen LogP contribution in [0.1, 0.15) is 11.3 Å². The van der Waals surface area contributed by atoms with Crippen molar-refractivity contribution < 1.29 is 13.2 Å². The molecular formula is C11H8ClF3N4. The molecule has 2 heterocycles. The standard InChI is InChI=1S/C11H8ClF3N4/c1-6-4-8(12)18-10(17-6)19-9-5-7(2-3-16-9)11(13,14)15/h2-5H,1H3,(H,16,17,18,19). The summed E-state index contributed by atoms with van der Waals surface area (Å²) in [6.45, 7) is 1.69. The zero-order chi connectivity index (χ0) is 14.0. The first-order valence-corrected chi connectivity index (χ1v) is 5.54. The number of aromatic nitrogens is 3. The number of nitrogens with zero attached hydrogens (tertiary/aromatic N) is 3. The number of aryl methyl sites for hydroxylation is 1. The molecule has 0 aliphatic rings. The largest absolute Gasteiger partial charge is 0.416 e. The fourth-order valence-electron chi connectivity index (χ4n) is 1.38. The molecule has 0 spiro atoms. The van der Waals surface area contributed by atoms with Gasteiger partial charge in [0.25, 0.3) is 0 Å². The molecule has 0 saturated carbocycles. The van der Waals surface area contributed by atoms with E-state index in [9.17, 15) is 13.2 Å². The molecule has 0 atom stereocenters. The molecule has 0 bridgehead atoms. The lowest BCUT2D eigenvalue weighted by molar-refractivity contribution is -0.137. The van der Waals surface area contributed by atoms with Crippen molar-refractivity contribution in [1.29, 1.82) is 0 Å². The molecule has 2 rings (SSSR count). The summed E-state index contributed by atoms with van der Waals surface area (Å²) in [6, 6.07) is 3.29. The van der Waals surface area contributed by atoms with Gasteiger partial charge in [0.15, 0.2) is 0 Å². The molecular weight excluding hydrogens is 281 g/mol. The Kier molecular flexibility index (Phi) is 3.57. The molecule has 0 saturated heterocycles. The van der Waals surface area contributed by atoms with E-state index in [-0.39, 0.29) is 16.9 Å². The van der Waals surface area contributed by atoms with E-state index in [1.165, 1.54) is 6.07 Å². The minimum atomic E-state index is -4.43. The van der Waals surface area contributed by atoms with Crippen LogP contribution in [0.15, 0.2) is 24.4 Å². The number of anilines is 2. The molecule has 0 fully saturated rings. The van der Waals surface area contributed by atoms with Gasteiger partial charge in [0.1, 0.15) is 11.0 Å². The number of rotatable bonds is 2. The lowest BCUT2D eigenvalue weighted by atomic mass is 10.2. The topological polar surface area (TPSA) is 50.7 Å². The van der Waals surface area contributed by atoms with Gasteiger partial charge in [-0.05, 0) is 25.1 Å². The molecule has 0 aliphatic heterocycles. The van der Waals surface area contributed by atoms with Gasteiger partial charge in [0.2, 0.25) is 5.95 Å². The van der Waals surface area contributed by atoms with Crippen molar-refractivity contribution >= 4 is 23.4 Å². The van der Waals surface area contributed by atoms with Crippen LogP contribution in [0.5, 0.6) is 0 Å². The maximum absolute atomic E-state index is 12.5. The molecule has 0 aliphatic carbocycles. The van der Waals surface area contributed by atoms with E-state index in [2.05, 4.69) is 20.3 Å². The van der Waals surface area contributed by atoms with Crippen LogP contribution in [0.3, 0.4) is 0 Å². The van der Waals surface area contributed by atoms with E-state index in [0.29, 0.717) is 5.69 Å². The predicted octanol–water partition coefficient (Wildman–Crippen LogP) is 3.60. The van der Waals surface area contributed by atoms with E-state index >= 15 is 0 Å². The molecule has 19 heavy (non-hydrogen) atoms. The zero-order valence-corrected chi connectivity index (χ0v) is 10.4. The lowest BCUT2D eigenvalue weighted by Gasteiger charge is -2.09. The Morgan fingerprint density at radius 2 is 1.95 bits per heavy atom. The van der Waals surface area contributed by atoms with Gasteiger partial charge in [0.05, 0.1) is 5.56 Å². The summed E-state index contributed by atoms with van der Waals surface area (Å²) in [4.78, 5) is 11.6. The van der Waals surface area contributed by atoms with Gasteiger partial charge in [-0.25, -0.2) is 15.0 Å². The Bertz CT molecular complexity index is 580. The number of halogens is 4. The SMILES string of the molecule is Cc1cc(Cl)nc(Nc2cc(C(F)(F)F)ccn2)n1. The summed E-state index contributed by atoms with van der Waals surface area (Å²) in [6.07, 6.45) is -3.37. The van der Waals surface area contributed by atoms with Crippen LogP contribution in [0.2, 0.25) is 5.15 Å². The van der Waals surface area contributed by atoms with E-state index in [1.54, 1.807) is 6.92 Å². The first-order chi connectivity index (χ1) is 8.84. The van der Waals surface area contributed by atoms with Crippen LogP contribution >= 0.6 is 11.6 Å². The lowest BCUT2D eigenvalue weighted by Crippen LogP contribution is -2.07. The van der Waals surface area contributed by atoms with Crippen LogP contribution in [0.25, 0.3) is 0 Å². The van der Waals surface area contributed by atoms with Crippen molar-refractivity contribution in [3.8, 4) is 0 Å². The summed E-state index contributed by atoms with van der Waals surface area (Å²) in [7, 11) is 0. The van der Waals surface area contributed by atoms with Crippen molar-refractivity contribution in [2.45, 2.75) is 13.1 Å². The third kappa shape index (κ3) is 3.54. The van der Waals surface area contributed by atoms with Crippen molar-refractivity contribution in [3.63, 3.8) is 0 Å². The summed E-state index contributed by atoms with van der Waals surface area (Å²) >= 11 is 5.73. The van der Waals surface area contributed by atoms with Gasteiger partial charge < -0.3 is 5.32 Å². The second-order valence-corrected chi connectivity index (χ2v) is 4.10. The van der Waals surface area contributed by atoms with Gasteiger partial charge in [-0.15, -0.1) is 0 Å². The Morgan fingerprint density at radius 1 is 1.21 bits per heavy atom. The average molecular weight is 289 g/mol. The highest BCUT2D eigenvalue weighted by molar-refractivity contribution is 6.29. The Morgan fingerprint density at radius 3 is 2.58 bits per heavy atom. The minimum Gasteiger partial charge on any atom is -0.309 e.